The summed E-state index contributed by atoms with van der Waals surface area (Å²) in [6.07, 6.45) is 5.25. The van der Waals surface area contributed by atoms with Crippen LogP contribution in [0.1, 0.15) is 44.2 Å². The molecule has 3 atom stereocenters. The van der Waals surface area contributed by atoms with Crippen molar-refractivity contribution < 1.29 is 19.2 Å². The zero-order valence-corrected chi connectivity index (χ0v) is 23.3. The van der Waals surface area contributed by atoms with Crippen LogP contribution in [0.4, 0.5) is 0 Å². The highest BCUT2D eigenvalue weighted by Gasteiger charge is 2.47. The van der Waals surface area contributed by atoms with E-state index >= 15 is 0 Å². The van der Waals surface area contributed by atoms with Crippen LogP contribution in [0, 0.1) is 17.8 Å². The lowest BCUT2D eigenvalue weighted by atomic mass is 9.85. The molecule has 39 heavy (non-hydrogen) atoms. The van der Waals surface area contributed by atoms with Gasteiger partial charge in [-0.25, -0.2) is 0 Å². The van der Waals surface area contributed by atoms with Crippen LogP contribution in [-0.2, 0) is 32.1 Å². The molecule has 1 heterocycles. The number of halogens is 1. The van der Waals surface area contributed by atoms with Gasteiger partial charge in [0.05, 0.1) is 11.8 Å². The van der Waals surface area contributed by atoms with Crippen molar-refractivity contribution in [2.24, 2.45) is 17.8 Å². The predicted octanol–water partition coefficient (Wildman–Crippen LogP) is 4.39. The third kappa shape index (κ3) is 7.15. The summed E-state index contributed by atoms with van der Waals surface area (Å²) in [5.74, 6) is -1.40. The number of nitrogens with one attached hydrogen (secondary N) is 1. The van der Waals surface area contributed by atoms with Gasteiger partial charge >= 0.3 is 0 Å². The molecule has 0 spiro atoms. The topological polar surface area (TPSA) is 86.8 Å². The highest BCUT2D eigenvalue weighted by molar-refractivity contribution is 6.30. The Hall–Kier alpha value is -3.45. The molecular formula is C31H36ClN3O4. The maximum Gasteiger partial charge on any atom is 0.243 e. The molecule has 1 fully saturated rings. The van der Waals surface area contributed by atoms with Crippen molar-refractivity contribution in [1.82, 2.24) is 15.1 Å². The number of hydrogen-bond donors (Lipinski definition) is 1. The first-order valence-corrected chi connectivity index (χ1v) is 14.0. The number of carbonyl (C=O) groups excluding carboxylic acids is 4. The number of fused-ring (bicyclic) bond motifs is 1. The number of amides is 4. The maximum absolute atomic E-state index is 13.8. The van der Waals surface area contributed by atoms with Crippen molar-refractivity contribution in [2.75, 3.05) is 13.1 Å². The van der Waals surface area contributed by atoms with E-state index in [1.54, 1.807) is 17.0 Å². The molecule has 1 aliphatic heterocycles. The highest BCUT2D eigenvalue weighted by Crippen LogP contribution is 2.35. The van der Waals surface area contributed by atoms with Crippen LogP contribution < -0.4 is 5.32 Å². The quantitative estimate of drug-likeness (QED) is 0.332. The summed E-state index contributed by atoms with van der Waals surface area (Å²) in [5, 5.41) is 3.53. The van der Waals surface area contributed by atoms with E-state index in [1.807, 2.05) is 68.5 Å². The zero-order valence-electron chi connectivity index (χ0n) is 22.5. The van der Waals surface area contributed by atoms with Crippen molar-refractivity contribution in [3.8, 4) is 0 Å². The third-order valence-corrected chi connectivity index (χ3v) is 7.58. The Morgan fingerprint density at radius 1 is 0.974 bits per heavy atom. The SMILES string of the molecule is CC(C)CNC(=O)[C@H](Cc1ccccc1)N(Cc1cccc(Cl)c1)C(=O)CCN1C(=O)[C@H]2CC=CC[C@H]2C1=O. The Bertz CT molecular complexity index is 1200. The first-order valence-electron chi connectivity index (χ1n) is 13.6. The van der Waals surface area contributed by atoms with Gasteiger partial charge in [-0.15, -0.1) is 0 Å². The van der Waals surface area contributed by atoms with Gasteiger partial charge < -0.3 is 10.2 Å². The van der Waals surface area contributed by atoms with Gasteiger partial charge in [0, 0.05) is 37.5 Å². The van der Waals surface area contributed by atoms with Crippen molar-refractivity contribution in [2.45, 2.75) is 52.1 Å². The van der Waals surface area contributed by atoms with Crippen molar-refractivity contribution in [1.29, 1.82) is 0 Å². The van der Waals surface area contributed by atoms with E-state index in [0.29, 0.717) is 30.8 Å². The molecular weight excluding hydrogens is 514 g/mol. The van der Waals surface area contributed by atoms with E-state index in [4.69, 9.17) is 11.6 Å². The summed E-state index contributed by atoms with van der Waals surface area (Å²) >= 11 is 6.23. The molecule has 2 aromatic carbocycles. The molecule has 0 unspecified atom stereocenters. The number of hydrogen-bond acceptors (Lipinski definition) is 4. The van der Waals surface area contributed by atoms with Crippen LogP contribution in [0.25, 0.3) is 0 Å². The van der Waals surface area contributed by atoms with E-state index in [-0.39, 0.29) is 60.9 Å². The molecule has 0 aromatic heterocycles. The molecule has 0 bridgehead atoms. The number of likely N-dealkylation sites (tertiary alicyclic amines) is 1. The standard InChI is InChI=1S/C31H36ClN3O4/c1-21(2)19-33-29(37)27(18-22-9-4-3-5-10-22)35(20-23-11-8-12-24(32)17-23)28(36)15-16-34-30(38)25-13-6-7-14-26(25)31(34)39/h3-12,17,21,25-27H,13-16,18-20H2,1-2H3,(H,33,37)/t25-,26+,27-/m0/s1. The minimum Gasteiger partial charge on any atom is -0.354 e. The van der Waals surface area contributed by atoms with E-state index in [1.165, 1.54) is 4.90 Å². The molecule has 1 saturated heterocycles. The second-order valence-electron chi connectivity index (χ2n) is 10.7. The summed E-state index contributed by atoms with van der Waals surface area (Å²) in [6.45, 7) is 4.68. The minimum absolute atomic E-state index is 0.00121. The molecule has 206 valence electrons. The summed E-state index contributed by atoms with van der Waals surface area (Å²) in [6, 6.07) is 16.0. The Morgan fingerprint density at radius 2 is 1.62 bits per heavy atom. The second-order valence-corrected chi connectivity index (χ2v) is 11.2. The van der Waals surface area contributed by atoms with E-state index < -0.39 is 6.04 Å². The third-order valence-electron chi connectivity index (χ3n) is 7.35. The van der Waals surface area contributed by atoms with Crippen molar-refractivity contribution >= 4 is 35.2 Å². The lowest BCUT2D eigenvalue weighted by Crippen LogP contribution is -2.51. The van der Waals surface area contributed by atoms with Crippen LogP contribution in [0.3, 0.4) is 0 Å². The van der Waals surface area contributed by atoms with Gasteiger partial charge in [-0.1, -0.05) is 80.1 Å². The number of carbonyl (C=O) groups is 4. The first-order chi connectivity index (χ1) is 18.7. The second kappa shape index (κ2) is 13.1. The van der Waals surface area contributed by atoms with Gasteiger partial charge in [0.1, 0.15) is 6.04 Å². The van der Waals surface area contributed by atoms with Crippen LogP contribution in [-0.4, -0.2) is 52.6 Å². The van der Waals surface area contributed by atoms with Crippen molar-refractivity contribution in [3.05, 3.63) is 82.9 Å². The summed E-state index contributed by atoms with van der Waals surface area (Å²) in [7, 11) is 0. The molecule has 1 aliphatic carbocycles. The van der Waals surface area contributed by atoms with Gasteiger partial charge in [-0.05, 0) is 42.0 Å². The zero-order chi connectivity index (χ0) is 27.9. The lowest BCUT2D eigenvalue weighted by molar-refractivity contribution is -0.144. The Morgan fingerprint density at radius 3 is 2.23 bits per heavy atom. The summed E-state index contributed by atoms with van der Waals surface area (Å²) < 4.78 is 0. The first kappa shape index (κ1) is 28.6. The normalized spacial score (nSPS) is 19.2. The summed E-state index contributed by atoms with van der Waals surface area (Å²) in [4.78, 5) is 56.1. The summed E-state index contributed by atoms with van der Waals surface area (Å²) in [5.41, 5.74) is 1.71. The number of benzene rings is 2. The van der Waals surface area contributed by atoms with Crippen molar-refractivity contribution in [3.63, 3.8) is 0 Å². The fourth-order valence-corrected chi connectivity index (χ4v) is 5.46. The smallest absolute Gasteiger partial charge is 0.243 e. The average molecular weight is 550 g/mol. The Balaban J connectivity index is 1.58. The predicted molar refractivity (Wildman–Crippen MR) is 150 cm³/mol. The van der Waals surface area contributed by atoms with Crippen LogP contribution >= 0.6 is 11.6 Å². The lowest BCUT2D eigenvalue weighted by Gasteiger charge is -2.32. The molecule has 7 nitrogen and oxygen atoms in total. The molecule has 8 heteroatoms. The number of rotatable bonds is 11. The monoisotopic (exact) mass is 549 g/mol. The molecule has 0 saturated carbocycles. The van der Waals surface area contributed by atoms with Gasteiger partial charge in [0.25, 0.3) is 0 Å². The molecule has 0 radical (unpaired) electrons. The van der Waals surface area contributed by atoms with Gasteiger partial charge in [-0.2, -0.15) is 0 Å². The fourth-order valence-electron chi connectivity index (χ4n) is 5.25. The van der Waals surface area contributed by atoms with E-state index in [9.17, 15) is 19.2 Å². The number of allylic oxidation sites excluding steroid dienone is 2. The molecule has 1 N–H and O–H groups in total. The average Bonchev–Trinajstić information content (AvgIpc) is 3.17. The number of nitrogens with zero attached hydrogens (tertiary/aromatic N) is 2. The Kier molecular flexibility index (Phi) is 9.57. The van der Waals surface area contributed by atoms with E-state index in [2.05, 4.69) is 5.32 Å². The minimum atomic E-state index is -0.783. The number of imide groups is 1. The van der Waals surface area contributed by atoms with Crippen LogP contribution in [0.15, 0.2) is 66.7 Å². The highest BCUT2D eigenvalue weighted by atomic mass is 35.5. The fraction of sp³-hybridized carbons (Fsp3) is 0.419. The molecule has 4 rings (SSSR count). The largest absolute Gasteiger partial charge is 0.354 e. The molecule has 2 aliphatic rings. The maximum atomic E-state index is 13.8. The molecule has 2 aromatic rings. The van der Waals surface area contributed by atoms with Gasteiger partial charge in [0.15, 0.2) is 0 Å². The van der Waals surface area contributed by atoms with Crippen LogP contribution in [0.2, 0.25) is 5.02 Å². The Labute approximate surface area is 235 Å². The molecule has 4 amide bonds. The van der Waals surface area contributed by atoms with Crippen LogP contribution in [0.5, 0.6) is 0 Å². The van der Waals surface area contributed by atoms with E-state index in [0.717, 1.165) is 11.1 Å². The van der Waals surface area contributed by atoms with Gasteiger partial charge in [0.2, 0.25) is 23.6 Å². The van der Waals surface area contributed by atoms with Gasteiger partial charge in [-0.3, -0.25) is 24.1 Å².